The summed E-state index contributed by atoms with van der Waals surface area (Å²) in [5, 5.41) is 0. The molecule has 0 heterocycles. The fourth-order valence-electron chi connectivity index (χ4n) is 3.33. The van der Waals surface area contributed by atoms with Crippen molar-refractivity contribution in [1.29, 1.82) is 0 Å². The van der Waals surface area contributed by atoms with Crippen LogP contribution >= 0.6 is 0 Å². The van der Waals surface area contributed by atoms with E-state index < -0.39 is 20.0 Å². The molecule has 0 saturated heterocycles. The fraction of sp³-hybridized carbons (Fsp3) is 0.308. The predicted molar refractivity (Wildman–Crippen MR) is 136 cm³/mol. The summed E-state index contributed by atoms with van der Waals surface area (Å²) in [6, 6.07) is 20.8. The Kier molecular flexibility index (Phi) is 9.31. The second kappa shape index (κ2) is 12.2. The Morgan fingerprint density at radius 2 is 1.06 bits per heavy atom. The average molecular weight is 518 g/mol. The van der Waals surface area contributed by atoms with Crippen molar-refractivity contribution in [2.75, 3.05) is 19.8 Å². The minimum Gasteiger partial charge on any atom is -0.494 e. The highest BCUT2D eigenvalue weighted by Gasteiger charge is 2.36. The molecule has 9 heteroatoms. The van der Waals surface area contributed by atoms with Crippen molar-refractivity contribution in [2.24, 2.45) is 0 Å². The largest absolute Gasteiger partial charge is 0.494 e. The van der Waals surface area contributed by atoms with Crippen molar-refractivity contribution < 1.29 is 26.3 Å². The first kappa shape index (κ1) is 26.7. The number of benzene rings is 3. The molecule has 0 aliphatic rings. The first-order valence-corrected chi connectivity index (χ1v) is 14.4. The first-order valence-electron chi connectivity index (χ1n) is 11.6. The molecule has 3 aromatic carbocycles. The van der Waals surface area contributed by atoms with Gasteiger partial charge in [0.2, 0.25) is 0 Å². The summed E-state index contributed by atoms with van der Waals surface area (Å²) in [7, 11) is -8.76. The van der Waals surface area contributed by atoms with Crippen LogP contribution in [0.25, 0.3) is 0 Å². The maximum atomic E-state index is 13.6. The van der Waals surface area contributed by atoms with Crippen molar-refractivity contribution in [1.82, 2.24) is 3.71 Å². The van der Waals surface area contributed by atoms with Crippen LogP contribution < -0.4 is 9.47 Å². The molecule has 7 nitrogen and oxygen atoms in total. The minimum atomic E-state index is -4.38. The van der Waals surface area contributed by atoms with Gasteiger partial charge in [-0.2, -0.15) is 0 Å². The molecule has 0 bridgehead atoms. The van der Waals surface area contributed by atoms with Crippen LogP contribution in [0.2, 0.25) is 0 Å². The second-order valence-electron chi connectivity index (χ2n) is 7.88. The molecule has 3 rings (SSSR count). The molecule has 0 spiro atoms. The standard InChI is InChI=1S/C26H31NO6S2/c1-3-20-32-23-10-14-25(15-11-23)34(28,29)27(19-18-22-8-6-5-7-9-22)35(30,31)26-16-12-24(13-17-26)33-21-4-2/h5-17H,3-4,18-21H2,1-2H3. The van der Waals surface area contributed by atoms with E-state index in [0.717, 1.165) is 18.4 Å². The summed E-state index contributed by atoms with van der Waals surface area (Å²) in [5.41, 5.74) is 0.828. The number of sulfonamides is 2. The number of nitrogens with zero attached hydrogens (tertiary/aromatic N) is 1. The molecule has 0 radical (unpaired) electrons. The average Bonchev–Trinajstić information content (AvgIpc) is 2.87. The van der Waals surface area contributed by atoms with Crippen LogP contribution in [0.15, 0.2) is 88.7 Å². The lowest BCUT2D eigenvalue weighted by Gasteiger charge is -2.22. The highest BCUT2D eigenvalue weighted by atomic mass is 32.3. The molecule has 0 aliphatic carbocycles. The predicted octanol–water partition coefficient (Wildman–Crippen LogP) is 4.89. The first-order chi connectivity index (χ1) is 16.8. The Balaban J connectivity index is 1.96. The maximum Gasteiger partial charge on any atom is 0.256 e. The van der Waals surface area contributed by atoms with Crippen molar-refractivity contribution in [3.8, 4) is 11.5 Å². The van der Waals surface area contributed by atoms with Gasteiger partial charge in [-0.15, -0.1) is 0 Å². The van der Waals surface area contributed by atoms with Gasteiger partial charge in [0.1, 0.15) is 11.5 Å². The lowest BCUT2D eigenvalue weighted by molar-refractivity contribution is 0.317. The zero-order chi connectivity index (χ0) is 25.3. The van der Waals surface area contributed by atoms with E-state index >= 15 is 0 Å². The summed E-state index contributed by atoms with van der Waals surface area (Å²) >= 11 is 0. The Morgan fingerprint density at radius 3 is 1.46 bits per heavy atom. The smallest absolute Gasteiger partial charge is 0.256 e. The van der Waals surface area contributed by atoms with E-state index in [1.165, 1.54) is 48.5 Å². The quantitative estimate of drug-likeness (QED) is 0.321. The number of ether oxygens (including phenoxy) is 2. The van der Waals surface area contributed by atoms with E-state index in [0.29, 0.717) is 28.4 Å². The minimum absolute atomic E-state index is 0.124. The number of hydrogen-bond acceptors (Lipinski definition) is 6. The van der Waals surface area contributed by atoms with Crippen LogP contribution in [0.1, 0.15) is 32.3 Å². The van der Waals surface area contributed by atoms with E-state index in [9.17, 15) is 16.8 Å². The van der Waals surface area contributed by atoms with E-state index in [-0.39, 0.29) is 22.8 Å². The highest BCUT2D eigenvalue weighted by molar-refractivity contribution is 8.04. The van der Waals surface area contributed by atoms with Gasteiger partial charge >= 0.3 is 0 Å². The SMILES string of the molecule is CCCOc1ccc(S(=O)(=O)N(CCc2ccccc2)S(=O)(=O)c2ccc(OCCC)cc2)cc1. The van der Waals surface area contributed by atoms with Crippen LogP contribution in [0.4, 0.5) is 0 Å². The lowest BCUT2D eigenvalue weighted by atomic mass is 10.2. The molecule has 0 saturated carbocycles. The molecular formula is C26H31NO6S2. The summed E-state index contributed by atoms with van der Waals surface area (Å²) in [6.07, 6.45) is 1.86. The molecule has 0 atom stereocenters. The van der Waals surface area contributed by atoms with Gasteiger partial charge in [-0.3, -0.25) is 0 Å². The number of hydrogen-bond donors (Lipinski definition) is 0. The van der Waals surface area contributed by atoms with Gasteiger partial charge < -0.3 is 9.47 Å². The van der Waals surface area contributed by atoms with E-state index in [4.69, 9.17) is 9.47 Å². The second-order valence-corrected chi connectivity index (χ2v) is 11.8. The van der Waals surface area contributed by atoms with Gasteiger partial charge in [0.05, 0.1) is 23.0 Å². The molecule has 0 aromatic heterocycles. The van der Waals surface area contributed by atoms with E-state index in [2.05, 4.69) is 0 Å². The topological polar surface area (TPSA) is 90.0 Å². The zero-order valence-corrected chi connectivity index (χ0v) is 21.6. The monoisotopic (exact) mass is 517 g/mol. The van der Waals surface area contributed by atoms with Gasteiger partial charge in [0, 0.05) is 6.54 Å². The molecule has 0 aliphatic heterocycles. The maximum absolute atomic E-state index is 13.6. The summed E-state index contributed by atoms with van der Waals surface area (Å²) in [6.45, 7) is 4.70. The third-order valence-electron chi connectivity index (χ3n) is 5.15. The van der Waals surface area contributed by atoms with Crippen molar-refractivity contribution in [2.45, 2.75) is 42.9 Å². The van der Waals surface area contributed by atoms with Gasteiger partial charge in [0.25, 0.3) is 20.0 Å². The van der Waals surface area contributed by atoms with Gasteiger partial charge in [0.15, 0.2) is 0 Å². The van der Waals surface area contributed by atoms with Crippen LogP contribution in [0, 0.1) is 0 Å². The molecule has 0 amide bonds. The van der Waals surface area contributed by atoms with Crippen LogP contribution in [-0.2, 0) is 26.5 Å². The van der Waals surface area contributed by atoms with Crippen molar-refractivity contribution in [3.05, 3.63) is 84.4 Å². The normalized spacial score (nSPS) is 12.0. The molecule has 0 fully saturated rings. The Labute approximate surface area is 208 Å². The fourth-order valence-corrected chi connectivity index (χ4v) is 6.97. The Bertz CT molecular complexity index is 1190. The third kappa shape index (κ3) is 6.84. The zero-order valence-electron chi connectivity index (χ0n) is 20.0. The van der Waals surface area contributed by atoms with Crippen LogP contribution in [0.3, 0.4) is 0 Å². The molecule has 3 aromatic rings. The number of rotatable bonds is 13. The summed E-state index contributed by atoms with van der Waals surface area (Å²) in [4.78, 5) is -0.248. The van der Waals surface area contributed by atoms with Gasteiger partial charge in [-0.25, -0.2) is 16.8 Å². The molecule has 35 heavy (non-hydrogen) atoms. The Hall–Kier alpha value is -2.88. The van der Waals surface area contributed by atoms with Crippen molar-refractivity contribution in [3.63, 3.8) is 0 Å². The highest BCUT2D eigenvalue weighted by Crippen LogP contribution is 2.27. The lowest BCUT2D eigenvalue weighted by Crippen LogP contribution is -2.38. The van der Waals surface area contributed by atoms with Gasteiger partial charge in [-0.1, -0.05) is 47.9 Å². The molecular weight excluding hydrogens is 486 g/mol. The summed E-state index contributed by atoms with van der Waals surface area (Å²) in [5.74, 6) is 1.04. The Morgan fingerprint density at radius 1 is 0.629 bits per heavy atom. The van der Waals surface area contributed by atoms with E-state index in [1.54, 1.807) is 0 Å². The summed E-state index contributed by atoms with van der Waals surface area (Å²) < 4.78 is 66.0. The molecule has 0 unspecified atom stereocenters. The van der Waals surface area contributed by atoms with Crippen LogP contribution in [0.5, 0.6) is 11.5 Å². The van der Waals surface area contributed by atoms with Gasteiger partial charge in [-0.05, 0) is 73.4 Å². The van der Waals surface area contributed by atoms with Crippen LogP contribution in [-0.4, -0.2) is 40.3 Å². The van der Waals surface area contributed by atoms with E-state index in [1.807, 2.05) is 44.2 Å². The van der Waals surface area contributed by atoms with Crippen molar-refractivity contribution >= 4 is 20.0 Å². The third-order valence-corrected chi connectivity index (χ3v) is 9.50. The molecule has 188 valence electrons. The molecule has 0 N–H and O–H groups in total.